The topological polar surface area (TPSA) is 17.1 Å². The molecule has 27 valence electrons. The monoisotopic (exact) mass is 187 g/mol. The van der Waals surface area contributed by atoms with Gasteiger partial charge in [0.1, 0.15) is 0 Å². The second-order valence-corrected chi connectivity index (χ2v) is 0.403. The molecule has 0 aromatic heterocycles. The molecule has 1 nitrogen and oxygen atoms in total. The first-order valence-corrected chi connectivity index (χ1v) is 1.19. The second kappa shape index (κ2) is 9.30. The molecule has 0 unspecified atom stereocenters. The Morgan fingerprint density at radius 1 is 1.75 bits per heavy atom. The fourth-order valence-electron chi connectivity index (χ4n) is 0. The van der Waals surface area contributed by atoms with Crippen molar-refractivity contribution in [2.24, 2.45) is 0 Å². The van der Waals surface area contributed by atoms with Crippen LogP contribution < -0.4 is 0 Å². The standard InChI is InChI=1S/CO.Fe.Rh/c1-2;;. The molecule has 0 aliphatic rings. The summed E-state index contributed by atoms with van der Waals surface area (Å²) in [5, 5.41) is 0. The van der Waals surface area contributed by atoms with Crippen molar-refractivity contribution in [3.63, 3.8) is 0 Å². The third-order valence-electron chi connectivity index (χ3n) is 0. The molecule has 0 rings (SSSR count). The minimum Gasteiger partial charge on any atom is 0 e. The largest absolute Gasteiger partial charge is 0 e. The van der Waals surface area contributed by atoms with Crippen LogP contribution in [0.2, 0.25) is 0 Å². The van der Waals surface area contributed by atoms with Crippen LogP contribution in [0.1, 0.15) is 0 Å². The van der Waals surface area contributed by atoms with Gasteiger partial charge < -0.3 is 0 Å². The Hall–Kier alpha value is 0.723. The van der Waals surface area contributed by atoms with Gasteiger partial charge >= 0.3 is 27.1 Å². The van der Waals surface area contributed by atoms with Crippen LogP contribution in [0.15, 0.2) is 0 Å². The van der Waals surface area contributed by atoms with Crippen LogP contribution in [0.3, 0.4) is 0 Å². The molecule has 0 N–H and O–H groups in total. The van der Waals surface area contributed by atoms with Crippen molar-refractivity contribution in [2.45, 2.75) is 0 Å². The Morgan fingerprint density at radius 2 is 1.75 bits per heavy atom. The fraction of sp³-hybridized carbons (Fsp3) is 0. The average Bonchev–Trinajstić information content (AvgIpc) is 0.918. The number of hydrogen-bond acceptors (Lipinski definition) is 1. The van der Waals surface area contributed by atoms with Crippen molar-refractivity contribution in [2.75, 3.05) is 0 Å². The molecular formula is CFeORh. The van der Waals surface area contributed by atoms with Crippen molar-refractivity contribution >= 4 is 4.47 Å². The first-order valence-electron chi connectivity index (χ1n) is 0.371. The Bertz CT molecular complexity index is 29.0. The zero-order valence-corrected chi connectivity index (χ0v) is 4.34. The van der Waals surface area contributed by atoms with Gasteiger partial charge in [0.2, 0.25) is 0 Å². The Morgan fingerprint density at radius 3 is 1.75 bits per heavy atom. The van der Waals surface area contributed by atoms with Gasteiger partial charge in [0, 0.05) is 17.1 Å². The first-order chi connectivity index (χ1) is 1.41. The van der Waals surface area contributed by atoms with E-state index in [-0.39, 0.29) is 17.1 Å². The molecule has 0 aromatic carbocycles. The van der Waals surface area contributed by atoms with Crippen LogP contribution in [0, 0.1) is 0 Å². The van der Waals surface area contributed by atoms with Crippen LogP contribution in [0.4, 0.5) is 0 Å². The molecule has 0 spiro atoms. The van der Waals surface area contributed by atoms with Crippen LogP contribution in [0.25, 0.3) is 0 Å². The molecule has 0 saturated carbocycles. The van der Waals surface area contributed by atoms with Gasteiger partial charge in [-0.1, -0.05) is 0 Å². The summed E-state index contributed by atoms with van der Waals surface area (Å²) in [4.78, 5) is 8.63. The van der Waals surface area contributed by atoms with Crippen LogP contribution >= 0.6 is 0 Å². The van der Waals surface area contributed by atoms with E-state index in [0.29, 0.717) is 0 Å². The number of hydrogen-bond donors (Lipinski definition) is 0. The quantitative estimate of drug-likeness (QED) is 0.471. The van der Waals surface area contributed by atoms with E-state index in [1.165, 1.54) is 4.47 Å². The van der Waals surface area contributed by atoms with Gasteiger partial charge in [-0.25, -0.2) is 0 Å². The molecule has 0 aliphatic heterocycles. The molecule has 0 aromatic rings. The zero-order valence-electron chi connectivity index (χ0n) is 1.60. The smallest absolute Gasteiger partial charge is 0 e. The maximum absolute atomic E-state index is 8.63. The van der Waals surface area contributed by atoms with Gasteiger partial charge in [0.05, 0.1) is 0 Å². The molecule has 0 atom stereocenters. The fourth-order valence-corrected chi connectivity index (χ4v) is 0. The summed E-state index contributed by atoms with van der Waals surface area (Å²) in [5.74, 6) is 0. The van der Waals surface area contributed by atoms with E-state index in [2.05, 4.69) is 0 Å². The predicted octanol–water partition coefficient (Wildman–Crippen LogP) is -0.402. The predicted molar refractivity (Wildman–Crippen MR) is 5.69 cm³/mol. The van der Waals surface area contributed by atoms with E-state index in [1.54, 1.807) is 0 Å². The summed E-state index contributed by atoms with van der Waals surface area (Å²) in [6.45, 7) is 0. The van der Waals surface area contributed by atoms with Crippen LogP contribution in [0.5, 0.6) is 0 Å². The summed E-state index contributed by atoms with van der Waals surface area (Å²) in [5.41, 5.74) is 0. The SMILES string of the molecule is O=[C]=[Rh].[Fe]. The van der Waals surface area contributed by atoms with Crippen molar-refractivity contribution in [3.8, 4) is 0 Å². The molecule has 0 bridgehead atoms. The van der Waals surface area contributed by atoms with E-state index in [0.717, 1.165) is 0 Å². The molecule has 0 amide bonds. The van der Waals surface area contributed by atoms with E-state index >= 15 is 0 Å². The maximum Gasteiger partial charge on any atom is 0 e. The summed E-state index contributed by atoms with van der Waals surface area (Å²) >= 11 is 1.92. The number of rotatable bonds is 0. The molecule has 0 heterocycles. The van der Waals surface area contributed by atoms with E-state index in [4.69, 9.17) is 4.79 Å². The molecule has 0 aliphatic carbocycles. The van der Waals surface area contributed by atoms with Crippen molar-refractivity contribution < 1.29 is 39.7 Å². The minimum atomic E-state index is 0. The molecule has 0 radical (unpaired) electrons. The number of carbonyl (C=O) groups excluding carboxylic acids is 1. The van der Waals surface area contributed by atoms with Gasteiger partial charge in [-0.05, 0) is 0 Å². The van der Waals surface area contributed by atoms with E-state index in [1.807, 2.05) is 17.9 Å². The maximum atomic E-state index is 8.63. The average molecular weight is 187 g/mol. The van der Waals surface area contributed by atoms with Crippen molar-refractivity contribution in [1.82, 2.24) is 0 Å². The van der Waals surface area contributed by atoms with Gasteiger partial charge in [-0.2, -0.15) is 0 Å². The molecular weight excluding hydrogens is 187 g/mol. The van der Waals surface area contributed by atoms with Gasteiger partial charge in [0.15, 0.2) is 0 Å². The Labute approximate surface area is 44.4 Å². The third kappa shape index (κ3) is 15.5. The van der Waals surface area contributed by atoms with Crippen molar-refractivity contribution in [1.29, 1.82) is 0 Å². The molecule has 4 heavy (non-hydrogen) atoms. The second-order valence-electron chi connectivity index (χ2n) is 0.0680. The van der Waals surface area contributed by atoms with Crippen LogP contribution in [-0.2, 0) is 39.7 Å². The summed E-state index contributed by atoms with van der Waals surface area (Å²) in [7, 11) is 0. The normalized spacial score (nSPS) is 2.25. The van der Waals surface area contributed by atoms with E-state index < -0.39 is 0 Å². The summed E-state index contributed by atoms with van der Waals surface area (Å²) in [6.07, 6.45) is 0. The first kappa shape index (κ1) is 8.83. The summed E-state index contributed by atoms with van der Waals surface area (Å²) < 4.78 is 1.39. The Balaban J connectivity index is 0. The van der Waals surface area contributed by atoms with Gasteiger partial charge in [-0.15, -0.1) is 0 Å². The van der Waals surface area contributed by atoms with Crippen molar-refractivity contribution in [3.05, 3.63) is 0 Å². The zero-order chi connectivity index (χ0) is 2.71. The molecule has 3 heteroatoms. The Kier molecular flexibility index (Phi) is 20.5. The minimum absolute atomic E-state index is 0. The van der Waals surface area contributed by atoms with Gasteiger partial charge in [0.25, 0.3) is 0 Å². The van der Waals surface area contributed by atoms with Crippen LogP contribution in [-0.4, -0.2) is 4.47 Å². The van der Waals surface area contributed by atoms with Gasteiger partial charge in [-0.3, -0.25) is 0 Å². The van der Waals surface area contributed by atoms with E-state index in [9.17, 15) is 0 Å². The molecule has 0 fully saturated rings. The molecule has 0 saturated heterocycles. The summed E-state index contributed by atoms with van der Waals surface area (Å²) in [6, 6.07) is 0. The third-order valence-corrected chi connectivity index (χ3v) is 0.